The van der Waals surface area contributed by atoms with Gasteiger partial charge in [0, 0.05) is 28.3 Å². The van der Waals surface area contributed by atoms with Crippen LogP contribution in [0, 0.1) is 0 Å². The van der Waals surface area contributed by atoms with E-state index in [2.05, 4.69) is 60.7 Å². The van der Waals surface area contributed by atoms with Crippen molar-refractivity contribution in [3.05, 3.63) is 60.7 Å². The normalized spacial score (nSPS) is 10.8. The van der Waals surface area contributed by atoms with E-state index < -0.39 is 0 Å². The van der Waals surface area contributed by atoms with Crippen molar-refractivity contribution in [1.29, 1.82) is 0 Å². The first-order valence-electron chi connectivity index (χ1n) is 8.85. The van der Waals surface area contributed by atoms with E-state index in [0.717, 1.165) is 28.6 Å². The van der Waals surface area contributed by atoms with E-state index in [-0.39, 0.29) is 0 Å². The van der Waals surface area contributed by atoms with Crippen LogP contribution in [0.4, 0.5) is 17.3 Å². The Kier molecular flexibility index (Phi) is 6.12. The lowest BCUT2D eigenvalue weighted by Gasteiger charge is -2.14. The molecule has 0 spiro atoms. The number of nitrogens with one attached hydrogen (secondary N) is 2. The zero-order valence-electron chi connectivity index (χ0n) is 15.4. The fourth-order valence-corrected chi connectivity index (χ4v) is 3.29. The molecule has 3 aromatic rings. The fourth-order valence-electron chi connectivity index (χ4n) is 2.58. The number of benzene rings is 2. The molecule has 26 heavy (non-hydrogen) atoms. The summed E-state index contributed by atoms with van der Waals surface area (Å²) in [5, 5.41) is 6.80. The van der Waals surface area contributed by atoms with Crippen molar-refractivity contribution >= 4 is 29.1 Å². The SMILES string of the molecule is CCSc1cccc(Nc2cc(NC(C)C)nc(-c3ccccc3)n2)c1. The number of aromatic nitrogens is 2. The Labute approximate surface area is 159 Å². The molecule has 1 aromatic heterocycles. The molecular weight excluding hydrogens is 340 g/mol. The Balaban J connectivity index is 1.94. The van der Waals surface area contributed by atoms with Gasteiger partial charge in [-0.3, -0.25) is 0 Å². The van der Waals surface area contributed by atoms with Gasteiger partial charge in [0.1, 0.15) is 11.6 Å². The summed E-state index contributed by atoms with van der Waals surface area (Å²) < 4.78 is 0. The minimum atomic E-state index is 0.297. The molecule has 2 N–H and O–H groups in total. The van der Waals surface area contributed by atoms with E-state index in [9.17, 15) is 0 Å². The molecule has 0 fully saturated rings. The molecule has 0 amide bonds. The number of rotatable bonds is 7. The second-order valence-corrected chi connectivity index (χ2v) is 7.55. The van der Waals surface area contributed by atoms with Crippen LogP contribution in [0.3, 0.4) is 0 Å². The molecule has 134 valence electrons. The topological polar surface area (TPSA) is 49.8 Å². The Morgan fingerprint density at radius 1 is 0.923 bits per heavy atom. The first-order chi connectivity index (χ1) is 12.6. The standard InChI is InChI=1S/C21H24N4S/c1-4-26-18-12-8-11-17(13-18)23-20-14-19(22-15(2)3)24-21(25-20)16-9-6-5-7-10-16/h5-15H,4H2,1-3H3,(H2,22,23,24,25). The van der Waals surface area contributed by atoms with Gasteiger partial charge in [0.15, 0.2) is 5.82 Å². The Bertz CT molecular complexity index is 850. The summed E-state index contributed by atoms with van der Waals surface area (Å²) in [5.74, 6) is 3.35. The molecule has 0 saturated heterocycles. The van der Waals surface area contributed by atoms with Gasteiger partial charge in [-0.1, -0.05) is 43.3 Å². The molecule has 0 atom stereocenters. The predicted molar refractivity (Wildman–Crippen MR) is 112 cm³/mol. The van der Waals surface area contributed by atoms with E-state index in [0.29, 0.717) is 11.9 Å². The van der Waals surface area contributed by atoms with Gasteiger partial charge in [-0.25, -0.2) is 9.97 Å². The highest BCUT2D eigenvalue weighted by atomic mass is 32.2. The molecule has 0 unspecified atom stereocenters. The summed E-state index contributed by atoms with van der Waals surface area (Å²) >= 11 is 1.83. The van der Waals surface area contributed by atoms with Crippen LogP contribution in [0.2, 0.25) is 0 Å². The van der Waals surface area contributed by atoms with Crippen LogP contribution in [-0.4, -0.2) is 21.8 Å². The summed E-state index contributed by atoms with van der Waals surface area (Å²) in [5.41, 5.74) is 2.02. The van der Waals surface area contributed by atoms with Gasteiger partial charge in [0.25, 0.3) is 0 Å². The zero-order valence-corrected chi connectivity index (χ0v) is 16.2. The zero-order chi connectivity index (χ0) is 18.4. The van der Waals surface area contributed by atoms with E-state index in [1.807, 2.05) is 48.2 Å². The number of hydrogen-bond donors (Lipinski definition) is 2. The number of nitrogens with zero attached hydrogens (tertiary/aromatic N) is 2. The van der Waals surface area contributed by atoms with Gasteiger partial charge in [-0.15, -0.1) is 11.8 Å². The van der Waals surface area contributed by atoms with E-state index in [4.69, 9.17) is 4.98 Å². The minimum absolute atomic E-state index is 0.297. The van der Waals surface area contributed by atoms with Crippen molar-refractivity contribution in [1.82, 2.24) is 9.97 Å². The van der Waals surface area contributed by atoms with Gasteiger partial charge >= 0.3 is 0 Å². The third kappa shape index (κ3) is 4.99. The number of hydrogen-bond acceptors (Lipinski definition) is 5. The van der Waals surface area contributed by atoms with Crippen molar-refractivity contribution < 1.29 is 0 Å². The van der Waals surface area contributed by atoms with Gasteiger partial charge in [0.2, 0.25) is 0 Å². The second kappa shape index (κ2) is 8.72. The lowest BCUT2D eigenvalue weighted by molar-refractivity contribution is 0.887. The molecule has 0 aliphatic carbocycles. The molecule has 0 radical (unpaired) electrons. The van der Waals surface area contributed by atoms with Crippen molar-refractivity contribution in [2.24, 2.45) is 0 Å². The fraction of sp³-hybridized carbons (Fsp3) is 0.238. The number of anilines is 3. The highest BCUT2D eigenvalue weighted by Crippen LogP contribution is 2.26. The van der Waals surface area contributed by atoms with Gasteiger partial charge in [0.05, 0.1) is 0 Å². The Morgan fingerprint density at radius 2 is 1.69 bits per heavy atom. The maximum absolute atomic E-state index is 4.71. The van der Waals surface area contributed by atoms with E-state index in [1.165, 1.54) is 4.90 Å². The monoisotopic (exact) mass is 364 g/mol. The largest absolute Gasteiger partial charge is 0.368 e. The van der Waals surface area contributed by atoms with Crippen LogP contribution >= 0.6 is 11.8 Å². The molecule has 0 aliphatic rings. The van der Waals surface area contributed by atoms with Gasteiger partial charge in [-0.05, 0) is 37.8 Å². The average molecular weight is 365 g/mol. The van der Waals surface area contributed by atoms with Crippen molar-refractivity contribution in [3.8, 4) is 11.4 Å². The van der Waals surface area contributed by atoms with Crippen molar-refractivity contribution in [2.45, 2.75) is 31.7 Å². The Hall–Kier alpha value is -2.53. The van der Waals surface area contributed by atoms with Crippen LogP contribution in [0.15, 0.2) is 65.6 Å². The first kappa shape index (κ1) is 18.3. The minimum Gasteiger partial charge on any atom is -0.368 e. The van der Waals surface area contributed by atoms with Crippen molar-refractivity contribution in [2.75, 3.05) is 16.4 Å². The average Bonchev–Trinajstić information content (AvgIpc) is 2.62. The molecule has 0 bridgehead atoms. The summed E-state index contributed by atoms with van der Waals surface area (Å²) in [6, 6.07) is 20.7. The van der Waals surface area contributed by atoms with Crippen LogP contribution in [0.5, 0.6) is 0 Å². The summed E-state index contributed by atoms with van der Waals surface area (Å²) in [6.07, 6.45) is 0. The van der Waals surface area contributed by atoms with Crippen LogP contribution in [0.25, 0.3) is 11.4 Å². The van der Waals surface area contributed by atoms with E-state index in [1.54, 1.807) is 0 Å². The maximum Gasteiger partial charge on any atom is 0.163 e. The quantitative estimate of drug-likeness (QED) is 0.517. The van der Waals surface area contributed by atoms with Crippen LogP contribution < -0.4 is 10.6 Å². The van der Waals surface area contributed by atoms with Crippen LogP contribution in [-0.2, 0) is 0 Å². The third-order valence-corrected chi connectivity index (χ3v) is 4.49. The lowest BCUT2D eigenvalue weighted by Crippen LogP contribution is -2.12. The maximum atomic E-state index is 4.71. The predicted octanol–water partition coefficient (Wildman–Crippen LogP) is 5.82. The molecule has 2 aromatic carbocycles. The van der Waals surface area contributed by atoms with Gasteiger partial charge < -0.3 is 10.6 Å². The Morgan fingerprint density at radius 3 is 2.42 bits per heavy atom. The lowest BCUT2D eigenvalue weighted by atomic mass is 10.2. The first-order valence-corrected chi connectivity index (χ1v) is 9.83. The molecule has 0 aliphatic heterocycles. The highest BCUT2D eigenvalue weighted by molar-refractivity contribution is 7.99. The molecule has 1 heterocycles. The molecular formula is C21H24N4S. The van der Waals surface area contributed by atoms with Crippen LogP contribution in [0.1, 0.15) is 20.8 Å². The molecule has 4 nitrogen and oxygen atoms in total. The van der Waals surface area contributed by atoms with Crippen molar-refractivity contribution in [3.63, 3.8) is 0 Å². The van der Waals surface area contributed by atoms with Gasteiger partial charge in [-0.2, -0.15) is 0 Å². The molecule has 5 heteroatoms. The second-order valence-electron chi connectivity index (χ2n) is 6.21. The smallest absolute Gasteiger partial charge is 0.163 e. The molecule has 3 rings (SSSR count). The summed E-state index contributed by atoms with van der Waals surface area (Å²) in [7, 11) is 0. The highest BCUT2D eigenvalue weighted by Gasteiger charge is 2.08. The summed E-state index contributed by atoms with van der Waals surface area (Å²) in [4.78, 5) is 10.6. The molecule has 0 saturated carbocycles. The van der Waals surface area contributed by atoms with E-state index >= 15 is 0 Å². The third-order valence-electron chi connectivity index (χ3n) is 3.61. The number of thioether (sulfide) groups is 1. The summed E-state index contributed by atoms with van der Waals surface area (Å²) in [6.45, 7) is 6.36.